The summed E-state index contributed by atoms with van der Waals surface area (Å²) in [5, 5.41) is 0. The Morgan fingerprint density at radius 3 is 2.80 bits per heavy atom. The van der Waals surface area contributed by atoms with E-state index in [2.05, 4.69) is 18.5 Å². The third-order valence-electron chi connectivity index (χ3n) is 1.11. The van der Waals surface area contributed by atoms with Gasteiger partial charge in [0.25, 0.3) is 0 Å². The van der Waals surface area contributed by atoms with E-state index in [-0.39, 0.29) is 0 Å². The van der Waals surface area contributed by atoms with Gasteiger partial charge in [-0.25, -0.2) is 0 Å². The molecule has 0 heterocycles. The zero-order valence-electron chi connectivity index (χ0n) is 6.80. The molecule has 0 aliphatic rings. The minimum atomic E-state index is 0.859. The van der Waals surface area contributed by atoms with Crippen LogP contribution in [0.2, 0.25) is 0 Å². The van der Waals surface area contributed by atoms with E-state index in [1.54, 1.807) is 0 Å². The molecule has 1 heteroatoms. The molecule has 56 valence electrons. The average molecular weight is 137 g/mol. The fraction of sp³-hybridized carbons (Fsp3) is 0.444. The Kier molecular flexibility index (Phi) is 5.74. The minimum absolute atomic E-state index is 0.859. The van der Waals surface area contributed by atoms with Gasteiger partial charge < -0.3 is 0 Å². The molecule has 0 N–H and O–H groups in total. The third-order valence-corrected chi connectivity index (χ3v) is 1.11. The van der Waals surface area contributed by atoms with E-state index in [1.165, 1.54) is 5.57 Å². The molecule has 0 spiro atoms. The molecule has 0 aliphatic carbocycles. The van der Waals surface area contributed by atoms with E-state index in [9.17, 15) is 0 Å². The molecule has 0 amide bonds. The molecule has 0 fully saturated rings. The van der Waals surface area contributed by atoms with Gasteiger partial charge in [-0.15, -0.1) is 6.58 Å². The van der Waals surface area contributed by atoms with Crippen molar-refractivity contribution in [1.82, 2.24) is 0 Å². The van der Waals surface area contributed by atoms with Crippen LogP contribution in [0.3, 0.4) is 0 Å². The first kappa shape index (κ1) is 9.15. The maximum Gasteiger partial charge on any atom is 0.0360 e. The van der Waals surface area contributed by atoms with Crippen molar-refractivity contribution in [2.75, 3.05) is 6.54 Å². The van der Waals surface area contributed by atoms with E-state index in [1.807, 2.05) is 25.3 Å². The first-order chi connectivity index (χ1) is 4.81. The van der Waals surface area contributed by atoms with Crippen molar-refractivity contribution in [3.05, 3.63) is 24.3 Å². The predicted molar refractivity (Wildman–Crippen MR) is 47.6 cm³/mol. The fourth-order valence-corrected chi connectivity index (χ4v) is 0.581. The minimum Gasteiger partial charge on any atom is -0.293 e. The van der Waals surface area contributed by atoms with Gasteiger partial charge in [-0.1, -0.05) is 11.6 Å². The van der Waals surface area contributed by atoms with Crippen LogP contribution in [-0.4, -0.2) is 12.8 Å². The SMILES string of the molecule is C=CC/C(C)=C\C=NCC. The van der Waals surface area contributed by atoms with E-state index >= 15 is 0 Å². The lowest BCUT2D eigenvalue weighted by Gasteiger charge is -1.89. The van der Waals surface area contributed by atoms with Crippen LogP contribution < -0.4 is 0 Å². The largest absolute Gasteiger partial charge is 0.293 e. The predicted octanol–water partition coefficient (Wildman–Crippen LogP) is 2.60. The number of allylic oxidation sites excluding steroid dienone is 3. The van der Waals surface area contributed by atoms with E-state index < -0.39 is 0 Å². The van der Waals surface area contributed by atoms with Crippen molar-refractivity contribution < 1.29 is 0 Å². The summed E-state index contributed by atoms with van der Waals surface area (Å²) in [5.41, 5.74) is 1.30. The zero-order valence-corrected chi connectivity index (χ0v) is 6.80. The summed E-state index contributed by atoms with van der Waals surface area (Å²) in [5.74, 6) is 0. The van der Waals surface area contributed by atoms with Crippen LogP contribution in [0, 0.1) is 0 Å². The van der Waals surface area contributed by atoms with Crippen LogP contribution in [0.5, 0.6) is 0 Å². The van der Waals surface area contributed by atoms with Gasteiger partial charge in [0.1, 0.15) is 0 Å². The quantitative estimate of drug-likeness (QED) is 0.417. The highest BCUT2D eigenvalue weighted by molar-refractivity contribution is 5.71. The highest BCUT2D eigenvalue weighted by Crippen LogP contribution is 1.97. The summed E-state index contributed by atoms with van der Waals surface area (Å²) >= 11 is 0. The Hall–Kier alpha value is -0.850. The second-order valence-corrected chi connectivity index (χ2v) is 2.15. The van der Waals surface area contributed by atoms with E-state index in [4.69, 9.17) is 0 Å². The van der Waals surface area contributed by atoms with Crippen LogP contribution in [0.15, 0.2) is 29.3 Å². The molecule has 0 unspecified atom stereocenters. The number of aliphatic imine (C=N–C) groups is 1. The molecule has 10 heavy (non-hydrogen) atoms. The average Bonchev–Trinajstić information content (AvgIpc) is 1.89. The van der Waals surface area contributed by atoms with Crippen molar-refractivity contribution in [3.63, 3.8) is 0 Å². The molecule has 0 saturated heterocycles. The molecule has 0 saturated carbocycles. The number of rotatable bonds is 4. The summed E-state index contributed by atoms with van der Waals surface area (Å²) in [4.78, 5) is 4.06. The van der Waals surface area contributed by atoms with Crippen molar-refractivity contribution in [2.45, 2.75) is 20.3 Å². The first-order valence-corrected chi connectivity index (χ1v) is 3.57. The smallest absolute Gasteiger partial charge is 0.0360 e. The van der Waals surface area contributed by atoms with Crippen molar-refractivity contribution in [1.29, 1.82) is 0 Å². The standard InChI is InChI=1S/C9H15N/c1-4-6-9(3)7-8-10-5-2/h4,7-8H,1,5-6H2,2-3H3/b9-7-,10-8?. The fourth-order valence-electron chi connectivity index (χ4n) is 0.581. The van der Waals surface area contributed by atoms with Gasteiger partial charge in [-0.05, 0) is 26.3 Å². The molecular formula is C9H15N. The molecule has 0 rings (SSSR count). The molecule has 1 nitrogen and oxygen atoms in total. The van der Waals surface area contributed by atoms with Gasteiger partial charge in [0.15, 0.2) is 0 Å². The molecule has 0 aromatic rings. The maximum absolute atomic E-state index is 4.06. The normalized spacial score (nSPS) is 12.4. The third kappa shape index (κ3) is 5.29. The Morgan fingerprint density at radius 1 is 1.60 bits per heavy atom. The number of hydrogen-bond acceptors (Lipinski definition) is 1. The van der Waals surface area contributed by atoms with Gasteiger partial charge in [0.05, 0.1) is 0 Å². The van der Waals surface area contributed by atoms with Gasteiger partial charge >= 0.3 is 0 Å². The van der Waals surface area contributed by atoms with Gasteiger partial charge in [0.2, 0.25) is 0 Å². The van der Waals surface area contributed by atoms with Crippen LogP contribution in [0.25, 0.3) is 0 Å². The molecular weight excluding hydrogens is 122 g/mol. The molecule has 0 atom stereocenters. The Balaban J connectivity index is 3.67. The monoisotopic (exact) mass is 137 g/mol. The highest BCUT2D eigenvalue weighted by atomic mass is 14.7. The van der Waals surface area contributed by atoms with Crippen LogP contribution in [-0.2, 0) is 0 Å². The Morgan fingerprint density at radius 2 is 2.30 bits per heavy atom. The van der Waals surface area contributed by atoms with Crippen LogP contribution >= 0.6 is 0 Å². The Bertz CT molecular complexity index is 143. The summed E-state index contributed by atoms with van der Waals surface area (Å²) in [6, 6.07) is 0. The van der Waals surface area contributed by atoms with E-state index in [0.29, 0.717) is 0 Å². The summed E-state index contributed by atoms with van der Waals surface area (Å²) in [7, 11) is 0. The molecule has 0 aromatic heterocycles. The van der Waals surface area contributed by atoms with Crippen molar-refractivity contribution in [2.24, 2.45) is 4.99 Å². The van der Waals surface area contributed by atoms with Gasteiger partial charge in [-0.2, -0.15) is 0 Å². The van der Waals surface area contributed by atoms with Crippen LogP contribution in [0.1, 0.15) is 20.3 Å². The van der Waals surface area contributed by atoms with Crippen molar-refractivity contribution in [3.8, 4) is 0 Å². The van der Waals surface area contributed by atoms with Gasteiger partial charge in [-0.3, -0.25) is 4.99 Å². The zero-order chi connectivity index (χ0) is 7.82. The highest BCUT2D eigenvalue weighted by Gasteiger charge is 1.79. The van der Waals surface area contributed by atoms with Crippen LogP contribution in [0.4, 0.5) is 0 Å². The summed E-state index contributed by atoms with van der Waals surface area (Å²) in [6.45, 7) is 8.60. The second-order valence-electron chi connectivity index (χ2n) is 2.15. The van der Waals surface area contributed by atoms with E-state index in [0.717, 1.165) is 13.0 Å². The summed E-state index contributed by atoms with van der Waals surface area (Å²) in [6.07, 6.45) is 6.71. The molecule has 0 radical (unpaired) electrons. The number of hydrogen-bond donors (Lipinski definition) is 0. The topological polar surface area (TPSA) is 12.4 Å². The summed E-state index contributed by atoms with van der Waals surface area (Å²) < 4.78 is 0. The maximum atomic E-state index is 4.06. The Labute approximate surface area is 63.2 Å². The van der Waals surface area contributed by atoms with Gasteiger partial charge in [0, 0.05) is 12.8 Å². The lowest BCUT2D eigenvalue weighted by atomic mass is 10.2. The molecule has 0 bridgehead atoms. The van der Waals surface area contributed by atoms with Crippen molar-refractivity contribution >= 4 is 6.21 Å². The lowest BCUT2D eigenvalue weighted by molar-refractivity contribution is 1.14. The second kappa shape index (κ2) is 6.27. The molecule has 0 aromatic carbocycles. The molecule has 0 aliphatic heterocycles. The first-order valence-electron chi connectivity index (χ1n) is 3.57. The lowest BCUT2D eigenvalue weighted by Crippen LogP contribution is -1.75. The number of nitrogens with zero attached hydrogens (tertiary/aromatic N) is 1.